The molecule has 0 aliphatic carbocycles. The Morgan fingerprint density at radius 1 is 1.15 bits per heavy atom. The van der Waals surface area contributed by atoms with Crippen molar-refractivity contribution in [3.8, 4) is 0 Å². The number of nitrogens with two attached hydrogens (primary N) is 1. The van der Waals surface area contributed by atoms with Gasteiger partial charge in [0.1, 0.15) is 5.82 Å². The van der Waals surface area contributed by atoms with Gasteiger partial charge < -0.3 is 10.6 Å². The Bertz CT molecular complexity index is 622. The van der Waals surface area contributed by atoms with Crippen LogP contribution in [0, 0.1) is 5.82 Å². The topological polar surface area (TPSA) is 29.3 Å². The van der Waals surface area contributed by atoms with Gasteiger partial charge in [-0.2, -0.15) is 0 Å². The number of rotatable bonds is 2. The van der Waals surface area contributed by atoms with Crippen molar-refractivity contribution in [3.63, 3.8) is 0 Å². The van der Waals surface area contributed by atoms with Crippen LogP contribution in [0.5, 0.6) is 0 Å². The molecule has 3 heteroatoms. The van der Waals surface area contributed by atoms with Crippen LogP contribution in [0.25, 0.3) is 0 Å². The minimum atomic E-state index is -0.230. The monoisotopic (exact) mass is 270 g/mol. The molecule has 0 saturated carbocycles. The Morgan fingerprint density at radius 2 is 1.95 bits per heavy atom. The molecule has 1 atom stereocenters. The SMILES string of the molecule is C[C@H](N)c1cc(F)ccc1N1CCCc2ccccc21. The minimum Gasteiger partial charge on any atom is -0.341 e. The summed E-state index contributed by atoms with van der Waals surface area (Å²) >= 11 is 0. The molecule has 0 unspecified atom stereocenters. The van der Waals surface area contributed by atoms with Crippen molar-refractivity contribution in [1.82, 2.24) is 0 Å². The second-order valence-electron chi connectivity index (χ2n) is 5.38. The van der Waals surface area contributed by atoms with E-state index in [-0.39, 0.29) is 11.9 Å². The van der Waals surface area contributed by atoms with Gasteiger partial charge in [-0.15, -0.1) is 0 Å². The van der Waals surface area contributed by atoms with Crippen LogP contribution in [0.1, 0.15) is 30.5 Å². The Hall–Kier alpha value is -1.87. The summed E-state index contributed by atoms with van der Waals surface area (Å²) < 4.78 is 13.5. The average molecular weight is 270 g/mol. The Balaban J connectivity index is 2.11. The lowest BCUT2D eigenvalue weighted by Gasteiger charge is -2.33. The number of aryl methyl sites for hydroxylation is 1. The molecule has 0 aromatic heterocycles. The maximum atomic E-state index is 13.5. The molecule has 1 heterocycles. The van der Waals surface area contributed by atoms with Gasteiger partial charge in [0, 0.05) is 24.0 Å². The zero-order valence-electron chi connectivity index (χ0n) is 11.6. The predicted octanol–water partition coefficient (Wildman–Crippen LogP) is 3.93. The van der Waals surface area contributed by atoms with Crippen molar-refractivity contribution in [1.29, 1.82) is 0 Å². The molecular weight excluding hydrogens is 251 g/mol. The zero-order valence-corrected chi connectivity index (χ0v) is 11.6. The first-order valence-electron chi connectivity index (χ1n) is 7.07. The Labute approximate surface area is 119 Å². The summed E-state index contributed by atoms with van der Waals surface area (Å²) in [4.78, 5) is 2.26. The summed E-state index contributed by atoms with van der Waals surface area (Å²) in [5.74, 6) is -0.230. The quantitative estimate of drug-likeness (QED) is 0.896. The third-order valence-electron chi connectivity index (χ3n) is 3.88. The second kappa shape index (κ2) is 5.25. The molecule has 0 radical (unpaired) electrons. The van der Waals surface area contributed by atoms with Crippen molar-refractivity contribution in [3.05, 3.63) is 59.4 Å². The largest absolute Gasteiger partial charge is 0.341 e. The van der Waals surface area contributed by atoms with Crippen molar-refractivity contribution >= 4 is 11.4 Å². The highest BCUT2D eigenvalue weighted by atomic mass is 19.1. The molecule has 0 bridgehead atoms. The fourth-order valence-corrected chi connectivity index (χ4v) is 2.92. The summed E-state index contributed by atoms with van der Waals surface area (Å²) in [6, 6.07) is 13.1. The molecule has 2 nitrogen and oxygen atoms in total. The highest BCUT2D eigenvalue weighted by Crippen LogP contribution is 2.36. The number of hydrogen-bond donors (Lipinski definition) is 1. The molecule has 104 valence electrons. The maximum absolute atomic E-state index is 13.5. The highest BCUT2D eigenvalue weighted by Gasteiger charge is 2.21. The number of nitrogens with zero attached hydrogens (tertiary/aromatic N) is 1. The number of para-hydroxylation sites is 1. The van der Waals surface area contributed by atoms with E-state index in [1.165, 1.54) is 17.3 Å². The van der Waals surface area contributed by atoms with Crippen molar-refractivity contribution in [2.45, 2.75) is 25.8 Å². The lowest BCUT2D eigenvalue weighted by molar-refractivity contribution is 0.621. The standard InChI is InChI=1S/C17H19FN2/c1-12(19)15-11-14(18)8-9-17(15)20-10-4-6-13-5-2-3-7-16(13)20/h2-3,5,7-9,11-12H,4,6,10,19H2,1H3/t12-/m0/s1. The van der Waals surface area contributed by atoms with E-state index < -0.39 is 0 Å². The summed E-state index contributed by atoms with van der Waals surface area (Å²) in [6.45, 7) is 2.84. The molecule has 0 fully saturated rings. The van der Waals surface area contributed by atoms with Gasteiger partial charge in [-0.05, 0) is 55.2 Å². The molecule has 20 heavy (non-hydrogen) atoms. The molecule has 2 N–H and O–H groups in total. The van der Waals surface area contributed by atoms with Crippen LogP contribution < -0.4 is 10.6 Å². The number of hydrogen-bond acceptors (Lipinski definition) is 2. The zero-order chi connectivity index (χ0) is 14.1. The highest BCUT2D eigenvalue weighted by molar-refractivity contribution is 5.70. The van der Waals surface area contributed by atoms with Crippen LogP contribution in [0.4, 0.5) is 15.8 Å². The van der Waals surface area contributed by atoms with E-state index in [1.807, 2.05) is 19.1 Å². The van der Waals surface area contributed by atoms with E-state index in [1.54, 1.807) is 6.07 Å². The Morgan fingerprint density at radius 3 is 2.75 bits per heavy atom. The maximum Gasteiger partial charge on any atom is 0.123 e. The van der Waals surface area contributed by atoms with Crippen LogP contribution in [-0.4, -0.2) is 6.54 Å². The molecule has 1 aliphatic rings. The van der Waals surface area contributed by atoms with Crippen LogP contribution >= 0.6 is 0 Å². The van der Waals surface area contributed by atoms with Crippen LogP contribution in [0.2, 0.25) is 0 Å². The second-order valence-corrected chi connectivity index (χ2v) is 5.38. The fraction of sp³-hybridized carbons (Fsp3) is 0.294. The lowest BCUT2D eigenvalue weighted by atomic mass is 9.98. The molecule has 2 aromatic carbocycles. The number of benzene rings is 2. The van der Waals surface area contributed by atoms with E-state index in [4.69, 9.17) is 5.73 Å². The molecular formula is C17H19FN2. The van der Waals surface area contributed by atoms with E-state index in [9.17, 15) is 4.39 Å². The fourth-order valence-electron chi connectivity index (χ4n) is 2.92. The first-order valence-corrected chi connectivity index (χ1v) is 7.07. The van der Waals surface area contributed by atoms with Gasteiger partial charge in [-0.3, -0.25) is 0 Å². The molecule has 1 aliphatic heterocycles. The average Bonchev–Trinajstić information content (AvgIpc) is 2.46. The van der Waals surface area contributed by atoms with Crippen LogP contribution in [-0.2, 0) is 6.42 Å². The van der Waals surface area contributed by atoms with E-state index >= 15 is 0 Å². The number of anilines is 2. The molecule has 0 amide bonds. The molecule has 0 spiro atoms. The first-order chi connectivity index (χ1) is 9.66. The van der Waals surface area contributed by atoms with E-state index in [0.29, 0.717) is 0 Å². The minimum absolute atomic E-state index is 0.185. The first kappa shape index (κ1) is 13.1. The normalized spacial score (nSPS) is 15.8. The van der Waals surface area contributed by atoms with Gasteiger partial charge in [0.2, 0.25) is 0 Å². The third-order valence-corrected chi connectivity index (χ3v) is 3.88. The van der Waals surface area contributed by atoms with Crippen molar-refractivity contribution in [2.24, 2.45) is 5.73 Å². The third kappa shape index (κ3) is 2.29. The van der Waals surface area contributed by atoms with Crippen molar-refractivity contribution < 1.29 is 4.39 Å². The number of halogens is 1. The Kier molecular flexibility index (Phi) is 3.45. The van der Waals surface area contributed by atoms with Gasteiger partial charge in [-0.25, -0.2) is 4.39 Å². The van der Waals surface area contributed by atoms with Crippen LogP contribution in [0.3, 0.4) is 0 Å². The smallest absolute Gasteiger partial charge is 0.123 e. The van der Waals surface area contributed by atoms with Gasteiger partial charge in [0.05, 0.1) is 0 Å². The van der Waals surface area contributed by atoms with Crippen molar-refractivity contribution in [2.75, 3.05) is 11.4 Å². The molecule has 0 saturated heterocycles. The summed E-state index contributed by atoms with van der Waals surface area (Å²) in [5, 5.41) is 0. The summed E-state index contributed by atoms with van der Waals surface area (Å²) in [7, 11) is 0. The molecule has 3 rings (SSSR count). The number of fused-ring (bicyclic) bond motifs is 1. The van der Waals surface area contributed by atoms with Gasteiger partial charge >= 0.3 is 0 Å². The predicted molar refractivity (Wildman–Crippen MR) is 80.8 cm³/mol. The summed E-state index contributed by atoms with van der Waals surface area (Å²) in [6.07, 6.45) is 2.20. The lowest BCUT2D eigenvalue weighted by Crippen LogP contribution is -2.26. The van der Waals surface area contributed by atoms with Gasteiger partial charge in [0.25, 0.3) is 0 Å². The van der Waals surface area contributed by atoms with Crippen LogP contribution in [0.15, 0.2) is 42.5 Å². The van der Waals surface area contributed by atoms with Gasteiger partial charge in [0.15, 0.2) is 0 Å². The van der Waals surface area contributed by atoms with E-state index in [2.05, 4.69) is 23.1 Å². The van der Waals surface area contributed by atoms with E-state index in [0.717, 1.165) is 30.6 Å². The summed E-state index contributed by atoms with van der Waals surface area (Å²) in [5.41, 5.74) is 10.5. The molecule has 2 aromatic rings. The van der Waals surface area contributed by atoms with Gasteiger partial charge in [-0.1, -0.05) is 18.2 Å².